The van der Waals surface area contributed by atoms with Crippen molar-refractivity contribution in [3.63, 3.8) is 0 Å². The molecule has 1 aliphatic rings. The van der Waals surface area contributed by atoms with Crippen molar-refractivity contribution in [1.82, 2.24) is 5.32 Å². The Morgan fingerprint density at radius 3 is 2.90 bits per heavy atom. The quantitative estimate of drug-likeness (QED) is 0.676. The molecule has 2 rings (SSSR count). The van der Waals surface area contributed by atoms with Crippen LogP contribution in [-0.4, -0.2) is 31.0 Å². The van der Waals surface area contributed by atoms with Gasteiger partial charge in [-0.1, -0.05) is 0 Å². The Hall–Kier alpha value is -2.18. The fraction of sp³-hybridized carbons (Fsp3) is 0.462. The van der Waals surface area contributed by atoms with E-state index in [1.165, 1.54) is 12.1 Å². The van der Waals surface area contributed by atoms with E-state index in [4.69, 9.17) is 0 Å². The number of halogens is 1. The number of nitro benzene ring substituents is 1. The molecule has 1 heterocycles. The average molecular weight is 281 g/mol. The summed E-state index contributed by atoms with van der Waals surface area (Å²) < 4.78 is 13.5. The van der Waals surface area contributed by atoms with Gasteiger partial charge in [0.1, 0.15) is 5.82 Å². The SMILES string of the molecule is CNC(=O)C1CCCN(c2cc(F)cc([N+](=O)[O-])c2)C1. The first-order chi connectivity index (χ1) is 9.51. The molecular formula is C13H16FN3O3. The standard InChI is InChI=1S/C13H16FN3O3/c1-15-13(18)9-3-2-4-16(8-9)11-5-10(14)6-12(7-11)17(19)20/h5-7,9H,2-4,8H2,1H3,(H,15,18). The van der Waals surface area contributed by atoms with Crippen LogP contribution >= 0.6 is 0 Å². The molecule has 0 radical (unpaired) electrons. The summed E-state index contributed by atoms with van der Waals surface area (Å²) in [5.74, 6) is -0.868. The molecule has 0 bridgehead atoms. The number of piperidine rings is 1. The molecule has 6 nitrogen and oxygen atoms in total. The molecule has 1 saturated heterocycles. The second-order valence-electron chi connectivity index (χ2n) is 4.82. The molecule has 0 aromatic heterocycles. The average Bonchev–Trinajstić information content (AvgIpc) is 2.45. The van der Waals surface area contributed by atoms with Gasteiger partial charge in [-0.3, -0.25) is 14.9 Å². The van der Waals surface area contributed by atoms with Gasteiger partial charge in [-0.25, -0.2) is 4.39 Å². The Balaban J connectivity index is 2.22. The zero-order valence-electron chi connectivity index (χ0n) is 11.1. The lowest BCUT2D eigenvalue weighted by atomic mass is 9.96. The summed E-state index contributed by atoms with van der Waals surface area (Å²) in [5.41, 5.74) is 0.173. The van der Waals surface area contributed by atoms with Gasteiger partial charge in [0.25, 0.3) is 5.69 Å². The Kier molecular flexibility index (Phi) is 4.16. The number of amides is 1. The number of hydrogen-bond acceptors (Lipinski definition) is 4. The molecule has 1 N–H and O–H groups in total. The second kappa shape index (κ2) is 5.85. The monoisotopic (exact) mass is 281 g/mol. The molecule has 0 saturated carbocycles. The van der Waals surface area contributed by atoms with E-state index >= 15 is 0 Å². The van der Waals surface area contributed by atoms with Gasteiger partial charge >= 0.3 is 0 Å². The number of nitro groups is 1. The summed E-state index contributed by atoms with van der Waals surface area (Å²) in [6.45, 7) is 1.11. The maximum Gasteiger partial charge on any atom is 0.274 e. The van der Waals surface area contributed by atoms with Crippen LogP contribution in [-0.2, 0) is 4.79 Å². The van der Waals surface area contributed by atoms with E-state index in [2.05, 4.69) is 5.32 Å². The third kappa shape index (κ3) is 3.04. The molecule has 7 heteroatoms. The fourth-order valence-corrected chi connectivity index (χ4v) is 2.48. The molecule has 1 aromatic carbocycles. The molecule has 1 aliphatic heterocycles. The van der Waals surface area contributed by atoms with Crippen LogP contribution < -0.4 is 10.2 Å². The van der Waals surface area contributed by atoms with Crippen LogP contribution in [0.5, 0.6) is 0 Å². The van der Waals surface area contributed by atoms with Crippen molar-refractivity contribution in [3.05, 3.63) is 34.1 Å². The highest BCUT2D eigenvalue weighted by molar-refractivity contribution is 5.79. The zero-order chi connectivity index (χ0) is 14.7. The molecule has 0 aliphatic carbocycles. The Labute approximate surface area is 115 Å². The number of benzene rings is 1. The van der Waals surface area contributed by atoms with Crippen LogP contribution in [0.3, 0.4) is 0 Å². The molecule has 20 heavy (non-hydrogen) atoms. The van der Waals surface area contributed by atoms with Crippen molar-refractivity contribution >= 4 is 17.3 Å². The molecule has 1 aromatic rings. The van der Waals surface area contributed by atoms with E-state index in [-0.39, 0.29) is 17.5 Å². The Bertz CT molecular complexity index is 536. The second-order valence-corrected chi connectivity index (χ2v) is 4.82. The van der Waals surface area contributed by atoms with Crippen LogP contribution in [0, 0.1) is 21.8 Å². The van der Waals surface area contributed by atoms with Gasteiger partial charge in [-0.05, 0) is 18.9 Å². The van der Waals surface area contributed by atoms with E-state index in [0.717, 1.165) is 18.9 Å². The van der Waals surface area contributed by atoms with E-state index in [1.807, 2.05) is 4.90 Å². The van der Waals surface area contributed by atoms with Crippen molar-refractivity contribution in [2.45, 2.75) is 12.8 Å². The highest BCUT2D eigenvalue weighted by atomic mass is 19.1. The first kappa shape index (κ1) is 14.2. The van der Waals surface area contributed by atoms with Gasteiger partial charge in [0, 0.05) is 31.9 Å². The number of nitrogens with one attached hydrogen (secondary N) is 1. The number of anilines is 1. The first-order valence-electron chi connectivity index (χ1n) is 6.43. The summed E-state index contributed by atoms with van der Waals surface area (Å²) >= 11 is 0. The van der Waals surface area contributed by atoms with Crippen molar-refractivity contribution in [2.75, 3.05) is 25.0 Å². The molecule has 108 valence electrons. The largest absolute Gasteiger partial charge is 0.370 e. The fourth-order valence-electron chi connectivity index (χ4n) is 2.48. The maximum absolute atomic E-state index is 13.5. The lowest BCUT2D eigenvalue weighted by molar-refractivity contribution is -0.385. The van der Waals surface area contributed by atoms with Crippen LogP contribution in [0.4, 0.5) is 15.8 Å². The summed E-state index contributed by atoms with van der Waals surface area (Å²) in [7, 11) is 1.58. The molecular weight excluding hydrogens is 265 g/mol. The van der Waals surface area contributed by atoms with Gasteiger partial charge in [0.15, 0.2) is 0 Å². The van der Waals surface area contributed by atoms with Crippen molar-refractivity contribution in [1.29, 1.82) is 0 Å². The van der Waals surface area contributed by atoms with Crippen LogP contribution in [0.2, 0.25) is 0 Å². The van der Waals surface area contributed by atoms with Crippen LogP contribution in [0.25, 0.3) is 0 Å². The van der Waals surface area contributed by atoms with Crippen molar-refractivity contribution < 1.29 is 14.1 Å². The lowest BCUT2D eigenvalue weighted by Crippen LogP contribution is -2.42. The summed E-state index contributed by atoms with van der Waals surface area (Å²) in [5, 5.41) is 13.4. The van der Waals surface area contributed by atoms with Crippen molar-refractivity contribution in [2.24, 2.45) is 5.92 Å². The highest BCUT2D eigenvalue weighted by Crippen LogP contribution is 2.27. The predicted molar refractivity (Wildman–Crippen MR) is 72.1 cm³/mol. The first-order valence-corrected chi connectivity index (χ1v) is 6.43. The minimum atomic E-state index is -0.642. The van der Waals surface area contributed by atoms with Gasteiger partial charge < -0.3 is 10.2 Å². The van der Waals surface area contributed by atoms with E-state index < -0.39 is 10.7 Å². The lowest BCUT2D eigenvalue weighted by Gasteiger charge is -2.33. The number of hydrogen-bond donors (Lipinski definition) is 1. The van der Waals surface area contributed by atoms with Gasteiger partial charge in [-0.2, -0.15) is 0 Å². The maximum atomic E-state index is 13.5. The van der Waals surface area contributed by atoms with Gasteiger partial charge in [0.2, 0.25) is 5.91 Å². The van der Waals surface area contributed by atoms with Crippen LogP contribution in [0.15, 0.2) is 18.2 Å². The number of rotatable bonds is 3. The van der Waals surface area contributed by atoms with E-state index in [0.29, 0.717) is 18.8 Å². The molecule has 1 atom stereocenters. The Morgan fingerprint density at radius 1 is 1.50 bits per heavy atom. The Morgan fingerprint density at radius 2 is 2.25 bits per heavy atom. The third-order valence-electron chi connectivity index (χ3n) is 3.48. The van der Waals surface area contributed by atoms with Crippen molar-refractivity contribution in [3.8, 4) is 0 Å². The number of nitrogens with zero attached hydrogens (tertiary/aromatic N) is 2. The third-order valence-corrected chi connectivity index (χ3v) is 3.48. The summed E-state index contributed by atoms with van der Waals surface area (Å²) in [4.78, 5) is 23.6. The van der Waals surface area contributed by atoms with E-state index in [1.54, 1.807) is 7.05 Å². The topological polar surface area (TPSA) is 75.5 Å². The number of carbonyl (C=O) groups excluding carboxylic acids is 1. The molecule has 1 fully saturated rings. The molecule has 1 unspecified atom stereocenters. The van der Waals surface area contributed by atoms with E-state index in [9.17, 15) is 19.3 Å². The summed E-state index contributed by atoms with van der Waals surface area (Å²) in [6.07, 6.45) is 1.57. The molecule has 1 amide bonds. The van der Waals surface area contributed by atoms with Gasteiger partial charge in [-0.15, -0.1) is 0 Å². The van der Waals surface area contributed by atoms with Crippen LogP contribution in [0.1, 0.15) is 12.8 Å². The number of non-ortho nitro benzene ring substituents is 1. The molecule has 0 spiro atoms. The smallest absolute Gasteiger partial charge is 0.274 e. The predicted octanol–water partition coefficient (Wildman–Crippen LogP) is 1.70. The number of carbonyl (C=O) groups is 1. The minimum Gasteiger partial charge on any atom is -0.370 e. The summed E-state index contributed by atoms with van der Waals surface area (Å²) in [6, 6.07) is 3.50. The van der Waals surface area contributed by atoms with Gasteiger partial charge in [0.05, 0.1) is 16.9 Å². The minimum absolute atomic E-state index is 0.0550. The zero-order valence-corrected chi connectivity index (χ0v) is 11.1. The highest BCUT2D eigenvalue weighted by Gasteiger charge is 2.26. The normalized spacial score (nSPS) is 18.7.